The molecule has 0 unspecified atom stereocenters. The van der Waals surface area contributed by atoms with E-state index in [0.29, 0.717) is 0 Å². The van der Waals surface area contributed by atoms with Gasteiger partial charge >= 0.3 is 5.97 Å². The number of fused-ring (bicyclic) bond motifs is 2. The van der Waals surface area contributed by atoms with E-state index in [0.717, 1.165) is 50.5 Å². The third-order valence-corrected chi connectivity index (χ3v) is 6.54. The second-order valence-electron chi connectivity index (χ2n) is 8.45. The van der Waals surface area contributed by atoms with Gasteiger partial charge in [0.25, 0.3) is 5.91 Å². The number of nitrogens with one attached hydrogen (secondary N) is 1. The van der Waals surface area contributed by atoms with Crippen LogP contribution in [-0.4, -0.2) is 41.7 Å². The zero-order valence-electron chi connectivity index (χ0n) is 17.1. The first-order chi connectivity index (χ1) is 14.5. The molecule has 0 radical (unpaired) electrons. The van der Waals surface area contributed by atoms with Crippen molar-refractivity contribution in [3.8, 4) is 0 Å². The maximum atomic E-state index is 12.4. The van der Waals surface area contributed by atoms with E-state index in [1.807, 2.05) is 18.2 Å². The molecule has 0 spiro atoms. The van der Waals surface area contributed by atoms with E-state index in [9.17, 15) is 19.2 Å². The monoisotopic (exact) mass is 412 g/mol. The molecule has 4 rings (SSSR count). The number of benzene rings is 1. The number of nitrogens with zero attached hydrogens (tertiary/aromatic N) is 1. The summed E-state index contributed by atoms with van der Waals surface area (Å²) in [5.41, 5.74) is 2.36. The molecule has 2 aliphatic carbocycles. The van der Waals surface area contributed by atoms with E-state index in [4.69, 9.17) is 4.74 Å². The molecule has 30 heavy (non-hydrogen) atoms. The predicted molar refractivity (Wildman–Crippen MR) is 108 cm³/mol. The van der Waals surface area contributed by atoms with Crippen molar-refractivity contribution in [2.45, 2.75) is 57.4 Å². The van der Waals surface area contributed by atoms with E-state index in [1.54, 1.807) is 0 Å². The normalized spacial score (nSPS) is 25.5. The first-order valence-corrected chi connectivity index (χ1v) is 10.9. The second-order valence-corrected chi connectivity index (χ2v) is 8.45. The molecule has 7 heteroatoms. The summed E-state index contributed by atoms with van der Waals surface area (Å²) in [6.07, 6.45) is 6.22. The van der Waals surface area contributed by atoms with E-state index in [2.05, 4.69) is 11.4 Å². The first-order valence-electron chi connectivity index (χ1n) is 10.9. The van der Waals surface area contributed by atoms with E-state index in [-0.39, 0.29) is 55.2 Å². The number of aryl methyl sites for hydroxylation is 1. The van der Waals surface area contributed by atoms with Crippen LogP contribution in [0.4, 0.5) is 0 Å². The number of rotatable bonds is 6. The number of carbonyl (C=O) groups excluding carboxylic acids is 4. The van der Waals surface area contributed by atoms with Gasteiger partial charge in [0.1, 0.15) is 0 Å². The number of amides is 3. The Labute approximate surface area is 176 Å². The average Bonchev–Trinajstić information content (AvgIpc) is 3.01. The zero-order valence-corrected chi connectivity index (χ0v) is 17.1. The van der Waals surface area contributed by atoms with Gasteiger partial charge in [0.15, 0.2) is 6.61 Å². The first kappa shape index (κ1) is 20.6. The van der Waals surface area contributed by atoms with Crippen molar-refractivity contribution in [2.75, 3.05) is 13.2 Å². The molecule has 1 aromatic carbocycles. The number of hydrogen-bond acceptors (Lipinski definition) is 5. The second kappa shape index (κ2) is 8.98. The molecular formula is C23H28N2O5. The molecule has 3 amide bonds. The van der Waals surface area contributed by atoms with Crippen molar-refractivity contribution >= 4 is 23.7 Å². The Kier molecular flexibility index (Phi) is 6.16. The third-order valence-electron chi connectivity index (χ3n) is 6.54. The highest BCUT2D eigenvalue weighted by molar-refractivity contribution is 6.05. The van der Waals surface area contributed by atoms with Gasteiger partial charge in [0, 0.05) is 6.54 Å². The molecule has 1 heterocycles. The lowest BCUT2D eigenvalue weighted by Gasteiger charge is -2.26. The number of imide groups is 1. The minimum atomic E-state index is -0.579. The Morgan fingerprint density at radius 1 is 1.00 bits per heavy atom. The molecule has 0 bridgehead atoms. The van der Waals surface area contributed by atoms with Crippen LogP contribution in [0.15, 0.2) is 24.3 Å². The summed E-state index contributed by atoms with van der Waals surface area (Å²) < 4.78 is 5.08. The molecule has 1 saturated heterocycles. The van der Waals surface area contributed by atoms with E-state index >= 15 is 0 Å². The minimum Gasteiger partial charge on any atom is -0.456 e. The van der Waals surface area contributed by atoms with Crippen LogP contribution in [0, 0.1) is 11.8 Å². The molecule has 1 saturated carbocycles. The van der Waals surface area contributed by atoms with Gasteiger partial charge in [-0.3, -0.25) is 24.1 Å². The number of esters is 1. The van der Waals surface area contributed by atoms with Gasteiger partial charge in [0.05, 0.1) is 24.3 Å². The summed E-state index contributed by atoms with van der Waals surface area (Å²) in [6, 6.07) is 7.98. The fourth-order valence-corrected chi connectivity index (χ4v) is 5.01. The summed E-state index contributed by atoms with van der Waals surface area (Å²) >= 11 is 0. The molecule has 2 fully saturated rings. The van der Waals surface area contributed by atoms with Crippen molar-refractivity contribution in [1.29, 1.82) is 0 Å². The summed E-state index contributed by atoms with van der Waals surface area (Å²) in [6.45, 7) is -0.328. The molecule has 0 aromatic heterocycles. The third kappa shape index (κ3) is 4.25. The molecule has 3 aliphatic rings. The maximum absolute atomic E-state index is 12.4. The standard InChI is InChI=1S/C23H28N2O5/c26-20(24-19-11-5-7-15-6-1-2-8-16(15)19)14-30-21(27)12-13-25-22(28)17-9-3-4-10-18(17)23(25)29/h1-2,6,8,17-19H,3-5,7,9-14H2,(H,24,26)/t17-,18-,19+/m0/s1. The van der Waals surface area contributed by atoms with Crippen LogP contribution in [0.25, 0.3) is 0 Å². The fraction of sp³-hybridized carbons (Fsp3) is 0.565. The highest BCUT2D eigenvalue weighted by Crippen LogP contribution is 2.38. The molecule has 3 atom stereocenters. The summed E-state index contributed by atoms with van der Waals surface area (Å²) in [5, 5.41) is 2.94. The Bertz CT molecular complexity index is 828. The number of ether oxygens (including phenoxy) is 1. The lowest BCUT2D eigenvalue weighted by molar-refractivity contribution is -0.150. The van der Waals surface area contributed by atoms with Crippen LogP contribution < -0.4 is 5.32 Å². The molecule has 7 nitrogen and oxygen atoms in total. The summed E-state index contributed by atoms with van der Waals surface area (Å²) in [5.74, 6) is -1.68. The summed E-state index contributed by atoms with van der Waals surface area (Å²) in [7, 11) is 0. The SMILES string of the molecule is O=C(COC(=O)CCN1C(=O)[C@H]2CCCC[C@@H]2C1=O)N[C@@H]1CCCc2ccccc21. The van der Waals surface area contributed by atoms with Crippen LogP contribution in [0.3, 0.4) is 0 Å². The van der Waals surface area contributed by atoms with Gasteiger partial charge in [-0.25, -0.2) is 0 Å². The van der Waals surface area contributed by atoms with Crippen molar-refractivity contribution in [3.05, 3.63) is 35.4 Å². The van der Waals surface area contributed by atoms with Crippen LogP contribution in [-0.2, 0) is 30.3 Å². The van der Waals surface area contributed by atoms with Gasteiger partial charge < -0.3 is 10.1 Å². The van der Waals surface area contributed by atoms with Gasteiger partial charge in [0.2, 0.25) is 11.8 Å². The number of hydrogen-bond donors (Lipinski definition) is 1. The molecule has 1 aliphatic heterocycles. The highest BCUT2D eigenvalue weighted by atomic mass is 16.5. The topological polar surface area (TPSA) is 92.8 Å². The fourth-order valence-electron chi connectivity index (χ4n) is 5.01. The Hall–Kier alpha value is -2.70. The Morgan fingerprint density at radius 2 is 1.70 bits per heavy atom. The smallest absolute Gasteiger partial charge is 0.308 e. The molecule has 1 N–H and O–H groups in total. The Balaban J connectivity index is 1.22. The van der Waals surface area contributed by atoms with Gasteiger partial charge in [-0.1, -0.05) is 37.1 Å². The van der Waals surface area contributed by atoms with E-state index < -0.39 is 5.97 Å². The van der Waals surface area contributed by atoms with Crippen LogP contribution in [0.1, 0.15) is 62.1 Å². The van der Waals surface area contributed by atoms with Crippen LogP contribution >= 0.6 is 0 Å². The van der Waals surface area contributed by atoms with Crippen molar-refractivity contribution in [1.82, 2.24) is 10.2 Å². The highest BCUT2D eigenvalue weighted by Gasteiger charge is 2.47. The average molecular weight is 412 g/mol. The molecule has 160 valence electrons. The van der Waals surface area contributed by atoms with Gasteiger partial charge in [-0.2, -0.15) is 0 Å². The van der Waals surface area contributed by atoms with Crippen LogP contribution in [0.5, 0.6) is 0 Å². The minimum absolute atomic E-state index is 0.0289. The molecule has 1 aromatic rings. The van der Waals surface area contributed by atoms with Gasteiger partial charge in [-0.05, 0) is 43.2 Å². The lowest BCUT2D eigenvalue weighted by Crippen LogP contribution is -2.35. The van der Waals surface area contributed by atoms with Crippen molar-refractivity contribution in [2.24, 2.45) is 11.8 Å². The zero-order chi connectivity index (χ0) is 21.1. The largest absolute Gasteiger partial charge is 0.456 e. The summed E-state index contributed by atoms with van der Waals surface area (Å²) in [4.78, 5) is 50.4. The maximum Gasteiger partial charge on any atom is 0.308 e. The van der Waals surface area contributed by atoms with Crippen LogP contribution in [0.2, 0.25) is 0 Å². The number of carbonyl (C=O) groups is 4. The predicted octanol–water partition coefficient (Wildman–Crippen LogP) is 2.29. The van der Waals surface area contributed by atoms with Crippen molar-refractivity contribution < 1.29 is 23.9 Å². The van der Waals surface area contributed by atoms with Crippen molar-refractivity contribution in [3.63, 3.8) is 0 Å². The van der Waals surface area contributed by atoms with E-state index in [1.165, 1.54) is 10.5 Å². The lowest BCUT2D eigenvalue weighted by atomic mass is 9.81. The number of likely N-dealkylation sites (tertiary alicyclic amines) is 1. The Morgan fingerprint density at radius 3 is 2.43 bits per heavy atom. The molecular weight excluding hydrogens is 384 g/mol. The van der Waals surface area contributed by atoms with Gasteiger partial charge in [-0.15, -0.1) is 0 Å². The quantitative estimate of drug-likeness (QED) is 0.572.